The lowest BCUT2D eigenvalue weighted by Gasteiger charge is -2.46. The molecule has 1 aliphatic carbocycles. The molecule has 0 spiro atoms. The van der Waals surface area contributed by atoms with Crippen molar-refractivity contribution in [2.75, 3.05) is 12.9 Å². The van der Waals surface area contributed by atoms with Gasteiger partial charge >= 0.3 is 0 Å². The highest BCUT2D eigenvalue weighted by Gasteiger charge is 2.43. The Labute approximate surface area is 79.4 Å². The molecule has 1 rings (SSSR count). The van der Waals surface area contributed by atoms with Crippen molar-refractivity contribution in [1.82, 2.24) is 0 Å². The van der Waals surface area contributed by atoms with Gasteiger partial charge in [-0.3, -0.25) is 0 Å². The number of hydrogen-bond donors (Lipinski definition) is 1. The minimum absolute atomic E-state index is 0.133. The number of aliphatic hydroxyl groups excluding tert-OH is 1. The molecular weight excluding hydrogens is 188 g/mol. The summed E-state index contributed by atoms with van der Waals surface area (Å²) in [5.41, 5.74) is 0.770. The molecular formula is C9H16O3S. The standard InChI is InChI=1S/C9H16O3S/c1-9(2)7(5-10)4-8(9)6-13(3,11)12/h6-7,10H,4-5H2,1-3H3. The molecule has 1 unspecified atom stereocenters. The van der Waals surface area contributed by atoms with Crippen LogP contribution in [-0.4, -0.2) is 26.4 Å². The van der Waals surface area contributed by atoms with Gasteiger partial charge in [-0.25, -0.2) is 8.42 Å². The molecule has 1 N–H and O–H groups in total. The fourth-order valence-electron chi connectivity index (χ4n) is 1.67. The predicted octanol–water partition coefficient (Wildman–Crippen LogP) is 0.953. The lowest BCUT2D eigenvalue weighted by atomic mass is 9.59. The zero-order valence-corrected chi connectivity index (χ0v) is 9.06. The normalized spacial score (nSPS) is 30.2. The first-order valence-electron chi connectivity index (χ1n) is 4.29. The molecule has 1 fully saturated rings. The summed E-state index contributed by atoms with van der Waals surface area (Å²) in [5, 5.41) is 10.3. The maximum atomic E-state index is 11.0. The number of rotatable bonds is 2. The van der Waals surface area contributed by atoms with Crippen molar-refractivity contribution in [2.45, 2.75) is 20.3 Å². The van der Waals surface area contributed by atoms with Gasteiger partial charge in [0, 0.05) is 18.3 Å². The molecule has 1 atom stereocenters. The van der Waals surface area contributed by atoms with Gasteiger partial charge in [-0.15, -0.1) is 0 Å². The molecule has 0 radical (unpaired) electrons. The van der Waals surface area contributed by atoms with Crippen molar-refractivity contribution in [3.63, 3.8) is 0 Å². The van der Waals surface area contributed by atoms with Gasteiger partial charge in [0.1, 0.15) is 0 Å². The average molecular weight is 204 g/mol. The summed E-state index contributed by atoms with van der Waals surface area (Å²) in [6.07, 6.45) is 1.90. The second kappa shape index (κ2) is 3.10. The van der Waals surface area contributed by atoms with Crippen molar-refractivity contribution in [3.8, 4) is 0 Å². The van der Waals surface area contributed by atoms with Crippen LogP contribution in [-0.2, 0) is 9.84 Å². The van der Waals surface area contributed by atoms with Gasteiger partial charge in [0.2, 0.25) is 0 Å². The molecule has 1 saturated carbocycles. The predicted molar refractivity (Wildman–Crippen MR) is 51.9 cm³/mol. The van der Waals surface area contributed by atoms with Gasteiger partial charge in [0.25, 0.3) is 0 Å². The van der Waals surface area contributed by atoms with E-state index in [1.807, 2.05) is 13.8 Å². The molecule has 1 aliphatic rings. The minimum Gasteiger partial charge on any atom is -0.396 e. The van der Waals surface area contributed by atoms with Gasteiger partial charge in [0.15, 0.2) is 9.84 Å². The Morgan fingerprint density at radius 2 is 2.15 bits per heavy atom. The van der Waals surface area contributed by atoms with E-state index in [2.05, 4.69) is 0 Å². The van der Waals surface area contributed by atoms with Gasteiger partial charge in [-0.05, 0) is 17.8 Å². The summed E-state index contributed by atoms with van der Waals surface area (Å²) in [7, 11) is -3.03. The van der Waals surface area contributed by atoms with E-state index < -0.39 is 9.84 Å². The van der Waals surface area contributed by atoms with Gasteiger partial charge in [-0.1, -0.05) is 19.4 Å². The van der Waals surface area contributed by atoms with Crippen LogP contribution in [0.3, 0.4) is 0 Å². The van der Waals surface area contributed by atoms with Gasteiger partial charge in [0.05, 0.1) is 0 Å². The van der Waals surface area contributed by atoms with E-state index in [9.17, 15) is 8.42 Å². The van der Waals surface area contributed by atoms with Crippen molar-refractivity contribution >= 4 is 9.84 Å². The van der Waals surface area contributed by atoms with Crippen LogP contribution in [0.4, 0.5) is 0 Å². The van der Waals surface area contributed by atoms with Crippen LogP contribution < -0.4 is 0 Å². The molecule has 3 nitrogen and oxygen atoms in total. The summed E-state index contributed by atoms with van der Waals surface area (Å²) in [5.74, 6) is 0.209. The SMILES string of the molecule is CC1(C)C(=CS(C)(=O)=O)CC1CO. The number of sulfone groups is 1. The van der Waals surface area contributed by atoms with Crippen molar-refractivity contribution in [3.05, 3.63) is 11.0 Å². The van der Waals surface area contributed by atoms with E-state index in [4.69, 9.17) is 5.11 Å². The third-order valence-corrected chi connectivity index (χ3v) is 3.60. The zero-order chi connectivity index (χ0) is 10.3. The summed E-state index contributed by atoms with van der Waals surface area (Å²) >= 11 is 0. The Kier molecular flexibility index (Phi) is 2.56. The molecule has 4 heteroatoms. The largest absolute Gasteiger partial charge is 0.396 e. The molecule has 76 valence electrons. The summed E-state index contributed by atoms with van der Waals surface area (Å²) < 4.78 is 22.0. The lowest BCUT2D eigenvalue weighted by Crippen LogP contribution is -2.40. The summed E-state index contributed by atoms with van der Waals surface area (Å²) in [6.45, 7) is 4.07. The molecule has 0 amide bonds. The van der Waals surface area contributed by atoms with Crippen LogP contribution in [0.5, 0.6) is 0 Å². The van der Waals surface area contributed by atoms with E-state index in [1.54, 1.807) is 0 Å². The molecule has 0 saturated heterocycles. The molecule has 0 bridgehead atoms. The fourth-order valence-corrected chi connectivity index (χ4v) is 2.58. The van der Waals surface area contributed by atoms with Crippen molar-refractivity contribution in [2.24, 2.45) is 11.3 Å². The van der Waals surface area contributed by atoms with Crippen molar-refractivity contribution in [1.29, 1.82) is 0 Å². The highest BCUT2D eigenvalue weighted by atomic mass is 32.2. The Morgan fingerprint density at radius 3 is 2.46 bits per heavy atom. The first-order chi connectivity index (χ1) is 5.77. The Bertz CT molecular complexity index is 325. The Hall–Kier alpha value is -0.350. The van der Waals surface area contributed by atoms with E-state index >= 15 is 0 Å². The first-order valence-corrected chi connectivity index (χ1v) is 6.25. The van der Waals surface area contributed by atoms with E-state index in [0.717, 1.165) is 5.57 Å². The van der Waals surface area contributed by atoms with Crippen LogP contribution >= 0.6 is 0 Å². The molecule has 0 heterocycles. The second-order valence-electron chi connectivity index (χ2n) is 4.28. The first kappa shape index (κ1) is 10.7. The van der Waals surface area contributed by atoms with Crippen LogP contribution in [0.15, 0.2) is 11.0 Å². The van der Waals surface area contributed by atoms with Gasteiger partial charge < -0.3 is 5.11 Å². The number of aliphatic hydroxyl groups is 1. The van der Waals surface area contributed by atoms with Crippen LogP contribution in [0.2, 0.25) is 0 Å². The molecule has 13 heavy (non-hydrogen) atoms. The van der Waals surface area contributed by atoms with E-state index in [1.165, 1.54) is 11.7 Å². The van der Waals surface area contributed by atoms with Gasteiger partial charge in [-0.2, -0.15) is 0 Å². The maximum absolute atomic E-state index is 11.0. The molecule has 0 aromatic carbocycles. The second-order valence-corrected chi connectivity index (χ2v) is 6.17. The van der Waals surface area contributed by atoms with E-state index in [0.29, 0.717) is 6.42 Å². The lowest BCUT2D eigenvalue weighted by molar-refractivity contribution is 0.0852. The number of hydrogen-bond acceptors (Lipinski definition) is 3. The van der Waals surface area contributed by atoms with Crippen LogP contribution in [0, 0.1) is 11.3 Å². The summed E-state index contributed by atoms with van der Waals surface area (Å²) in [6, 6.07) is 0. The van der Waals surface area contributed by atoms with Crippen LogP contribution in [0.25, 0.3) is 0 Å². The number of allylic oxidation sites excluding steroid dienone is 1. The average Bonchev–Trinajstić information content (AvgIpc) is 1.95. The minimum atomic E-state index is -3.03. The topological polar surface area (TPSA) is 54.4 Å². The molecule has 0 aromatic rings. The third-order valence-electron chi connectivity index (χ3n) is 2.89. The maximum Gasteiger partial charge on any atom is 0.168 e. The third kappa shape index (κ3) is 2.11. The zero-order valence-electron chi connectivity index (χ0n) is 8.24. The monoisotopic (exact) mass is 204 g/mol. The van der Waals surface area contributed by atoms with E-state index in [-0.39, 0.29) is 17.9 Å². The molecule has 0 aromatic heterocycles. The Morgan fingerprint density at radius 1 is 1.62 bits per heavy atom. The highest BCUT2D eigenvalue weighted by molar-refractivity contribution is 7.93. The summed E-state index contributed by atoms with van der Waals surface area (Å²) in [4.78, 5) is 0. The highest BCUT2D eigenvalue weighted by Crippen LogP contribution is 2.50. The smallest absolute Gasteiger partial charge is 0.168 e. The quantitative estimate of drug-likeness (QED) is 0.728. The van der Waals surface area contributed by atoms with Crippen LogP contribution in [0.1, 0.15) is 20.3 Å². The van der Waals surface area contributed by atoms with Crippen molar-refractivity contribution < 1.29 is 13.5 Å². The fraction of sp³-hybridized carbons (Fsp3) is 0.778. The Balaban J connectivity index is 2.86. The molecule has 0 aliphatic heterocycles.